The number of carbonyl (C=O) groups is 2. The first kappa shape index (κ1) is 14.0. The Labute approximate surface area is 102 Å². The zero-order valence-corrected chi connectivity index (χ0v) is 10.4. The van der Waals surface area contributed by atoms with Gasteiger partial charge in [0.05, 0.1) is 0 Å². The van der Waals surface area contributed by atoms with Gasteiger partial charge in [-0.1, -0.05) is 19.8 Å². The van der Waals surface area contributed by atoms with Gasteiger partial charge >= 0.3 is 5.97 Å². The van der Waals surface area contributed by atoms with E-state index in [1.807, 2.05) is 0 Å². The lowest BCUT2D eigenvalue weighted by Crippen LogP contribution is -2.41. The van der Waals surface area contributed by atoms with Crippen LogP contribution in [0.15, 0.2) is 0 Å². The monoisotopic (exact) mass is 242 g/mol. The fraction of sp³-hybridized carbons (Fsp3) is 0.833. The molecule has 0 aromatic carbocycles. The van der Waals surface area contributed by atoms with E-state index in [0.717, 1.165) is 19.3 Å². The second-order valence-electron chi connectivity index (χ2n) is 5.25. The van der Waals surface area contributed by atoms with Crippen molar-refractivity contribution in [2.75, 3.05) is 13.1 Å². The van der Waals surface area contributed by atoms with E-state index in [9.17, 15) is 9.59 Å². The highest BCUT2D eigenvalue weighted by molar-refractivity contribution is 5.81. The number of amides is 1. The van der Waals surface area contributed by atoms with Crippen molar-refractivity contribution in [1.82, 2.24) is 5.32 Å². The van der Waals surface area contributed by atoms with Gasteiger partial charge in [-0.05, 0) is 30.7 Å². The van der Waals surface area contributed by atoms with Crippen LogP contribution < -0.4 is 11.1 Å². The summed E-state index contributed by atoms with van der Waals surface area (Å²) in [5.74, 6) is -0.622. The van der Waals surface area contributed by atoms with E-state index in [1.54, 1.807) is 0 Å². The molecule has 4 N–H and O–H groups in total. The van der Waals surface area contributed by atoms with E-state index in [-0.39, 0.29) is 17.9 Å². The van der Waals surface area contributed by atoms with Gasteiger partial charge in [0, 0.05) is 6.42 Å². The minimum Gasteiger partial charge on any atom is -0.480 e. The van der Waals surface area contributed by atoms with Crippen LogP contribution in [0.2, 0.25) is 0 Å². The maximum absolute atomic E-state index is 11.7. The summed E-state index contributed by atoms with van der Waals surface area (Å²) in [5.41, 5.74) is 5.68. The summed E-state index contributed by atoms with van der Waals surface area (Å²) in [4.78, 5) is 22.0. The van der Waals surface area contributed by atoms with Gasteiger partial charge in [-0.2, -0.15) is 0 Å². The van der Waals surface area contributed by atoms with Gasteiger partial charge in [0.1, 0.15) is 6.54 Å². The molecule has 0 saturated heterocycles. The van der Waals surface area contributed by atoms with Crippen molar-refractivity contribution in [3.63, 3.8) is 0 Å². The molecule has 1 aliphatic rings. The Bertz CT molecular complexity index is 293. The number of carboxylic acids is 1. The Hall–Kier alpha value is -1.10. The first-order valence-electron chi connectivity index (χ1n) is 6.16. The number of aliphatic carboxylic acids is 1. The molecule has 0 aromatic rings. The fourth-order valence-electron chi connectivity index (χ4n) is 2.76. The average Bonchev–Trinajstić information content (AvgIpc) is 2.26. The molecule has 0 spiro atoms. The molecule has 0 bridgehead atoms. The molecule has 1 rings (SSSR count). The molecule has 1 amide bonds. The van der Waals surface area contributed by atoms with Gasteiger partial charge in [-0.3, -0.25) is 9.59 Å². The highest BCUT2D eigenvalue weighted by Gasteiger charge is 2.35. The van der Waals surface area contributed by atoms with Gasteiger partial charge in [0.2, 0.25) is 5.91 Å². The summed E-state index contributed by atoms with van der Waals surface area (Å²) in [6, 6.07) is 0. The van der Waals surface area contributed by atoms with Gasteiger partial charge in [0.25, 0.3) is 0 Å². The van der Waals surface area contributed by atoms with Crippen LogP contribution in [0.3, 0.4) is 0 Å². The molecule has 17 heavy (non-hydrogen) atoms. The van der Waals surface area contributed by atoms with Crippen LogP contribution in [0.25, 0.3) is 0 Å². The fourth-order valence-corrected chi connectivity index (χ4v) is 2.76. The predicted octanol–water partition coefficient (Wildman–Crippen LogP) is 0.733. The quantitative estimate of drug-likeness (QED) is 0.662. The van der Waals surface area contributed by atoms with Crippen molar-refractivity contribution in [1.29, 1.82) is 0 Å². The lowest BCUT2D eigenvalue weighted by molar-refractivity contribution is -0.138. The second-order valence-corrected chi connectivity index (χ2v) is 5.25. The van der Waals surface area contributed by atoms with E-state index in [0.29, 0.717) is 18.9 Å². The van der Waals surface area contributed by atoms with E-state index in [1.165, 1.54) is 6.42 Å². The molecule has 0 aliphatic heterocycles. The van der Waals surface area contributed by atoms with Crippen LogP contribution in [0, 0.1) is 11.3 Å². The van der Waals surface area contributed by atoms with Crippen LogP contribution in [0.4, 0.5) is 0 Å². The number of nitrogens with one attached hydrogen (secondary N) is 1. The molecule has 5 heteroatoms. The van der Waals surface area contributed by atoms with E-state index in [2.05, 4.69) is 12.2 Å². The van der Waals surface area contributed by atoms with Crippen LogP contribution in [0.1, 0.15) is 39.0 Å². The number of carboxylic acid groups (broad SMARTS) is 1. The highest BCUT2D eigenvalue weighted by atomic mass is 16.4. The summed E-state index contributed by atoms with van der Waals surface area (Å²) in [5, 5.41) is 10.9. The molecule has 1 fully saturated rings. The smallest absolute Gasteiger partial charge is 0.322 e. The van der Waals surface area contributed by atoms with Crippen LogP contribution >= 0.6 is 0 Å². The zero-order chi connectivity index (χ0) is 12.9. The number of nitrogens with two attached hydrogens (primary N) is 1. The van der Waals surface area contributed by atoms with Crippen LogP contribution in [-0.4, -0.2) is 30.1 Å². The molecular formula is C12H22N2O3. The van der Waals surface area contributed by atoms with Crippen molar-refractivity contribution in [3.8, 4) is 0 Å². The maximum Gasteiger partial charge on any atom is 0.322 e. The lowest BCUT2D eigenvalue weighted by atomic mass is 9.68. The summed E-state index contributed by atoms with van der Waals surface area (Å²) in [6.07, 6.45) is 4.57. The molecule has 0 heterocycles. The Balaban J connectivity index is 2.50. The molecule has 0 aromatic heterocycles. The Kier molecular flexibility index (Phi) is 4.93. The molecule has 5 nitrogen and oxygen atoms in total. The highest BCUT2D eigenvalue weighted by Crippen LogP contribution is 2.41. The number of carbonyl (C=O) groups excluding carboxylic acids is 1. The SMILES string of the molecule is CC1CCCC(CN)(CC(=O)NCC(=O)O)C1. The average molecular weight is 242 g/mol. The summed E-state index contributed by atoms with van der Waals surface area (Å²) in [7, 11) is 0. The van der Waals surface area contributed by atoms with Crippen molar-refractivity contribution in [3.05, 3.63) is 0 Å². The van der Waals surface area contributed by atoms with E-state index >= 15 is 0 Å². The third-order valence-electron chi connectivity index (χ3n) is 3.59. The first-order valence-corrected chi connectivity index (χ1v) is 6.16. The van der Waals surface area contributed by atoms with Crippen LogP contribution in [-0.2, 0) is 9.59 Å². The van der Waals surface area contributed by atoms with E-state index < -0.39 is 5.97 Å². The van der Waals surface area contributed by atoms with Crippen LogP contribution in [0.5, 0.6) is 0 Å². The van der Waals surface area contributed by atoms with Gasteiger partial charge < -0.3 is 16.2 Å². The number of hydrogen-bond donors (Lipinski definition) is 3. The molecular weight excluding hydrogens is 220 g/mol. The van der Waals surface area contributed by atoms with Crippen molar-refractivity contribution >= 4 is 11.9 Å². The maximum atomic E-state index is 11.7. The number of hydrogen-bond acceptors (Lipinski definition) is 3. The Morgan fingerprint density at radius 3 is 2.76 bits per heavy atom. The standard InChI is InChI=1S/C12H22N2O3/c1-9-3-2-4-12(5-9,8-13)6-10(15)14-7-11(16)17/h9H,2-8,13H2,1H3,(H,14,15)(H,16,17). The van der Waals surface area contributed by atoms with Crippen molar-refractivity contribution in [2.24, 2.45) is 17.1 Å². The first-order chi connectivity index (χ1) is 7.97. The summed E-state index contributed by atoms with van der Waals surface area (Å²) >= 11 is 0. The Morgan fingerprint density at radius 1 is 1.53 bits per heavy atom. The minimum absolute atomic E-state index is 0.125. The molecule has 0 radical (unpaired) electrons. The van der Waals surface area contributed by atoms with Crippen molar-refractivity contribution in [2.45, 2.75) is 39.0 Å². The van der Waals surface area contributed by atoms with Crippen molar-refractivity contribution < 1.29 is 14.7 Å². The Morgan fingerprint density at radius 2 is 2.24 bits per heavy atom. The molecule has 98 valence electrons. The summed E-state index contributed by atoms with van der Waals surface area (Å²) in [6.45, 7) is 2.37. The molecule has 2 unspecified atom stereocenters. The molecule has 2 atom stereocenters. The normalized spacial score (nSPS) is 28.7. The molecule has 1 aliphatic carbocycles. The topological polar surface area (TPSA) is 92.4 Å². The second kappa shape index (κ2) is 6.00. The van der Waals surface area contributed by atoms with Gasteiger partial charge in [-0.15, -0.1) is 0 Å². The predicted molar refractivity (Wildman–Crippen MR) is 64.4 cm³/mol. The minimum atomic E-state index is -1.02. The number of rotatable bonds is 5. The zero-order valence-electron chi connectivity index (χ0n) is 10.4. The summed E-state index contributed by atoms with van der Waals surface area (Å²) < 4.78 is 0. The van der Waals surface area contributed by atoms with E-state index in [4.69, 9.17) is 10.8 Å². The third-order valence-corrected chi connectivity index (χ3v) is 3.59. The lowest BCUT2D eigenvalue weighted by Gasteiger charge is -2.38. The third kappa shape index (κ3) is 4.34. The van der Waals surface area contributed by atoms with Gasteiger partial charge in [-0.25, -0.2) is 0 Å². The molecule has 1 saturated carbocycles. The van der Waals surface area contributed by atoms with Gasteiger partial charge in [0.15, 0.2) is 0 Å². The largest absolute Gasteiger partial charge is 0.480 e.